The molecule has 0 atom stereocenters. The highest BCUT2D eigenvalue weighted by Crippen LogP contribution is 2.27. The number of carbonyl (C=O) groups excluding carboxylic acids is 2. The number of nitro groups is 1. The number of nitrogens with one attached hydrogen (secondary N) is 1. The van der Waals surface area contributed by atoms with E-state index in [1.165, 1.54) is 49.4 Å². The third kappa shape index (κ3) is 4.21. The maximum atomic E-state index is 12.4. The van der Waals surface area contributed by atoms with Gasteiger partial charge in [-0.1, -0.05) is 18.2 Å². The van der Waals surface area contributed by atoms with Crippen molar-refractivity contribution in [1.29, 1.82) is 0 Å². The third-order valence-corrected chi connectivity index (χ3v) is 5.75. The molecule has 0 bridgehead atoms. The fraction of sp³-hybridized carbons (Fsp3) is 0.0588. The Bertz CT molecular complexity index is 1120. The molecule has 1 aliphatic heterocycles. The Morgan fingerprint density at radius 3 is 2.39 bits per heavy atom. The zero-order valence-electron chi connectivity index (χ0n) is 14.2. The van der Waals surface area contributed by atoms with Crippen LogP contribution >= 0.6 is 11.8 Å². The molecule has 0 aromatic heterocycles. The van der Waals surface area contributed by atoms with Crippen LogP contribution in [0.2, 0.25) is 0 Å². The Labute approximate surface area is 163 Å². The lowest BCUT2D eigenvalue weighted by molar-refractivity contribution is -0.385. The molecule has 0 aliphatic carbocycles. The number of amides is 2. The number of rotatable bonds is 5. The second-order valence-electron chi connectivity index (χ2n) is 5.66. The molecular formula is C17H12N2O7S2. The topological polar surface area (TPSA) is 133 Å². The van der Waals surface area contributed by atoms with Crippen molar-refractivity contribution in [3.63, 3.8) is 0 Å². The van der Waals surface area contributed by atoms with Gasteiger partial charge in [0, 0.05) is 11.6 Å². The summed E-state index contributed by atoms with van der Waals surface area (Å²) in [6.45, 7) is 1.50. The number of hydrogen-bond donors (Lipinski definition) is 1. The fourth-order valence-corrected chi connectivity index (χ4v) is 3.94. The van der Waals surface area contributed by atoms with Crippen LogP contribution in [0.25, 0.3) is 6.08 Å². The van der Waals surface area contributed by atoms with Crippen LogP contribution in [-0.4, -0.2) is 24.5 Å². The van der Waals surface area contributed by atoms with Crippen LogP contribution in [0.4, 0.5) is 10.5 Å². The van der Waals surface area contributed by atoms with Gasteiger partial charge in [-0.05, 0) is 48.5 Å². The summed E-state index contributed by atoms with van der Waals surface area (Å²) >= 11 is 0.764. The fourth-order valence-electron chi connectivity index (χ4n) is 2.31. The van der Waals surface area contributed by atoms with Gasteiger partial charge in [0.05, 0.1) is 9.83 Å². The van der Waals surface area contributed by atoms with Gasteiger partial charge in [0.1, 0.15) is 10.6 Å². The maximum absolute atomic E-state index is 12.4. The molecular weight excluding hydrogens is 408 g/mol. The number of nitrogens with zero attached hydrogens (tertiary/aromatic N) is 1. The molecule has 0 unspecified atom stereocenters. The summed E-state index contributed by atoms with van der Waals surface area (Å²) in [5.41, 5.74) is 0.560. The largest absolute Gasteiger partial charge is 0.379 e. The molecule has 0 radical (unpaired) electrons. The first-order valence-corrected chi connectivity index (χ1v) is 9.92. The lowest BCUT2D eigenvalue weighted by Crippen LogP contribution is -2.17. The number of hydrogen-bond acceptors (Lipinski definition) is 8. The summed E-state index contributed by atoms with van der Waals surface area (Å²) in [6.07, 6.45) is 1.48. The second-order valence-corrected chi connectivity index (χ2v) is 8.23. The number of benzene rings is 2. The first kappa shape index (κ1) is 19.6. The van der Waals surface area contributed by atoms with Crippen molar-refractivity contribution < 1.29 is 27.1 Å². The molecule has 2 aromatic rings. The van der Waals surface area contributed by atoms with Crippen molar-refractivity contribution in [2.24, 2.45) is 0 Å². The van der Waals surface area contributed by atoms with E-state index in [9.17, 15) is 28.1 Å². The summed E-state index contributed by atoms with van der Waals surface area (Å²) < 4.78 is 29.8. The lowest BCUT2D eigenvalue weighted by atomic mass is 10.2. The molecule has 0 saturated carbocycles. The molecule has 1 N–H and O–H groups in total. The monoisotopic (exact) mass is 420 g/mol. The van der Waals surface area contributed by atoms with Crippen molar-refractivity contribution in [2.45, 2.75) is 11.8 Å². The van der Waals surface area contributed by atoms with Gasteiger partial charge in [0.25, 0.3) is 16.8 Å². The highest BCUT2D eigenvalue weighted by molar-refractivity contribution is 8.18. The van der Waals surface area contributed by atoms with Crippen molar-refractivity contribution >= 4 is 44.8 Å². The number of nitro benzene ring substituents is 1. The zero-order valence-corrected chi connectivity index (χ0v) is 15.9. The summed E-state index contributed by atoms with van der Waals surface area (Å²) in [5.74, 6) is -0.510. The number of carbonyl (C=O) groups is 2. The molecule has 1 saturated heterocycles. The molecule has 144 valence electrons. The quantitative estimate of drug-likeness (QED) is 0.338. The second kappa shape index (κ2) is 7.44. The molecule has 11 heteroatoms. The molecule has 0 spiro atoms. The lowest BCUT2D eigenvalue weighted by Gasteiger charge is -2.08. The number of aryl methyl sites for hydroxylation is 1. The average Bonchev–Trinajstić information content (AvgIpc) is 2.93. The summed E-state index contributed by atoms with van der Waals surface area (Å²) in [7, 11) is -4.27. The van der Waals surface area contributed by atoms with E-state index in [0.29, 0.717) is 11.1 Å². The SMILES string of the molecule is Cc1ccc(S(=O)(=O)Oc2ccc(/C=C3\SC(=O)NC3=O)cc2)cc1[N+](=O)[O-]. The normalized spacial score (nSPS) is 15.5. The van der Waals surface area contributed by atoms with Crippen LogP contribution in [0.15, 0.2) is 52.3 Å². The van der Waals surface area contributed by atoms with E-state index in [1.54, 1.807) is 0 Å². The van der Waals surface area contributed by atoms with Gasteiger partial charge in [0.15, 0.2) is 0 Å². The number of thioether (sulfide) groups is 1. The van der Waals surface area contributed by atoms with Gasteiger partial charge >= 0.3 is 10.1 Å². The van der Waals surface area contributed by atoms with E-state index in [2.05, 4.69) is 5.32 Å². The maximum Gasteiger partial charge on any atom is 0.339 e. The Kier molecular flexibility index (Phi) is 5.21. The van der Waals surface area contributed by atoms with Gasteiger partial charge in [-0.2, -0.15) is 8.42 Å². The van der Waals surface area contributed by atoms with E-state index in [4.69, 9.17) is 4.18 Å². The highest BCUT2D eigenvalue weighted by Gasteiger charge is 2.25. The van der Waals surface area contributed by atoms with Crippen LogP contribution in [0.5, 0.6) is 5.75 Å². The van der Waals surface area contributed by atoms with E-state index in [1.807, 2.05) is 0 Å². The molecule has 28 heavy (non-hydrogen) atoms. The molecule has 1 aliphatic rings. The standard InChI is InChI=1S/C17H12N2O7S2/c1-10-2-7-13(9-14(10)19(22)23)28(24,25)26-12-5-3-11(4-6-12)8-15-16(20)18-17(21)27-15/h2-9H,1H3,(H,18,20,21)/b15-8-. The van der Waals surface area contributed by atoms with Crippen molar-refractivity contribution in [1.82, 2.24) is 5.32 Å². The Morgan fingerprint density at radius 1 is 1.14 bits per heavy atom. The Balaban J connectivity index is 1.81. The minimum absolute atomic E-state index is 0.00928. The van der Waals surface area contributed by atoms with Gasteiger partial charge in [-0.3, -0.25) is 25.0 Å². The van der Waals surface area contributed by atoms with Gasteiger partial charge in [0.2, 0.25) is 0 Å². The Morgan fingerprint density at radius 2 is 1.82 bits per heavy atom. The van der Waals surface area contributed by atoms with Crippen molar-refractivity contribution in [3.8, 4) is 5.75 Å². The van der Waals surface area contributed by atoms with Crippen molar-refractivity contribution in [2.75, 3.05) is 0 Å². The van der Waals surface area contributed by atoms with Crippen molar-refractivity contribution in [3.05, 3.63) is 68.6 Å². The minimum Gasteiger partial charge on any atom is -0.379 e. The number of imide groups is 1. The molecule has 9 nitrogen and oxygen atoms in total. The predicted octanol–water partition coefficient (Wildman–Crippen LogP) is 2.99. The van der Waals surface area contributed by atoms with Crippen LogP contribution in [0, 0.1) is 17.0 Å². The molecule has 3 rings (SSSR count). The first-order valence-electron chi connectivity index (χ1n) is 7.70. The molecule has 2 aromatic carbocycles. The molecule has 1 heterocycles. The predicted molar refractivity (Wildman–Crippen MR) is 101 cm³/mol. The van der Waals surface area contributed by atoms with E-state index < -0.39 is 26.2 Å². The van der Waals surface area contributed by atoms with Crippen LogP contribution in [0.1, 0.15) is 11.1 Å². The van der Waals surface area contributed by atoms with Gasteiger partial charge < -0.3 is 4.18 Å². The van der Waals surface area contributed by atoms with E-state index in [-0.39, 0.29) is 21.2 Å². The Hall–Kier alpha value is -3.18. The summed E-state index contributed by atoms with van der Waals surface area (Å²) in [4.78, 5) is 32.9. The van der Waals surface area contributed by atoms with E-state index in [0.717, 1.165) is 17.8 Å². The smallest absolute Gasteiger partial charge is 0.339 e. The zero-order chi connectivity index (χ0) is 20.5. The van der Waals surface area contributed by atoms with Gasteiger partial charge in [-0.15, -0.1) is 0 Å². The van der Waals surface area contributed by atoms with Gasteiger partial charge in [-0.25, -0.2) is 0 Å². The highest BCUT2D eigenvalue weighted by atomic mass is 32.2. The first-order chi connectivity index (χ1) is 13.2. The van der Waals surface area contributed by atoms with Crippen LogP contribution in [0.3, 0.4) is 0 Å². The summed E-state index contributed by atoms with van der Waals surface area (Å²) in [6, 6.07) is 9.24. The van der Waals surface area contributed by atoms with E-state index >= 15 is 0 Å². The minimum atomic E-state index is -4.27. The summed E-state index contributed by atoms with van der Waals surface area (Å²) in [5, 5.41) is 12.7. The molecule has 1 fully saturated rings. The van der Waals surface area contributed by atoms with Crippen LogP contribution in [-0.2, 0) is 14.9 Å². The van der Waals surface area contributed by atoms with Crippen LogP contribution < -0.4 is 9.50 Å². The third-order valence-electron chi connectivity index (χ3n) is 3.69. The average molecular weight is 420 g/mol. The molecule has 2 amide bonds.